The molecule has 0 saturated carbocycles. The molecule has 1 fully saturated rings. The minimum absolute atomic E-state index is 0.00398. The molecule has 0 radical (unpaired) electrons. The molecule has 0 unspecified atom stereocenters. The molecule has 1 aromatic carbocycles. The van der Waals surface area contributed by atoms with Crippen LogP contribution in [0.4, 0.5) is 4.39 Å². The molecular weight excluding hydrogens is 409 g/mol. The largest absolute Gasteiger partial charge is 0.466 e. The second kappa shape index (κ2) is 9.10. The molecule has 0 spiro atoms. The lowest BCUT2D eigenvalue weighted by Gasteiger charge is -2.31. The molecule has 3 aromatic rings. The Morgan fingerprint density at radius 2 is 1.91 bits per heavy atom. The monoisotopic (exact) mass is 437 g/mol. The van der Waals surface area contributed by atoms with Gasteiger partial charge in [-0.25, -0.2) is 9.37 Å². The molecular formula is C25H28FN3O3. The number of piperidine rings is 1. The van der Waals surface area contributed by atoms with Crippen molar-refractivity contribution in [2.75, 3.05) is 19.7 Å². The zero-order valence-corrected chi connectivity index (χ0v) is 18.7. The highest BCUT2D eigenvalue weighted by molar-refractivity contribution is 5.82. The summed E-state index contributed by atoms with van der Waals surface area (Å²) in [6.45, 7) is 6.95. The summed E-state index contributed by atoms with van der Waals surface area (Å²) < 4.78 is 20.9. The summed E-state index contributed by atoms with van der Waals surface area (Å²) in [7, 11) is 0. The van der Waals surface area contributed by atoms with Crippen LogP contribution in [-0.2, 0) is 20.7 Å². The van der Waals surface area contributed by atoms with Crippen molar-refractivity contribution < 1.29 is 18.7 Å². The molecule has 32 heavy (non-hydrogen) atoms. The van der Waals surface area contributed by atoms with Gasteiger partial charge in [0.1, 0.15) is 11.5 Å². The summed E-state index contributed by atoms with van der Waals surface area (Å²) in [5.74, 6) is -0.591. The molecule has 0 bridgehead atoms. The molecule has 168 valence electrons. The van der Waals surface area contributed by atoms with E-state index < -0.39 is 0 Å². The van der Waals surface area contributed by atoms with Crippen LogP contribution < -0.4 is 0 Å². The zero-order valence-electron chi connectivity index (χ0n) is 18.7. The number of aromatic nitrogens is 2. The van der Waals surface area contributed by atoms with E-state index in [0.29, 0.717) is 43.8 Å². The molecule has 3 heterocycles. The van der Waals surface area contributed by atoms with Crippen molar-refractivity contribution in [1.29, 1.82) is 0 Å². The minimum atomic E-state index is -0.268. The van der Waals surface area contributed by atoms with Crippen LogP contribution in [0.25, 0.3) is 16.9 Å². The molecule has 2 aromatic heterocycles. The first-order valence-electron chi connectivity index (χ1n) is 11.1. The number of rotatable bonds is 5. The van der Waals surface area contributed by atoms with Gasteiger partial charge in [0, 0.05) is 24.8 Å². The van der Waals surface area contributed by atoms with E-state index in [1.807, 2.05) is 34.6 Å². The summed E-state index contributed by atoms with van der Waals surface area (Å²) >= 11 is 0. The van der Waals surface area contributed by atoms with Gasteiger partial charge in [-0.15, -0.1) is 0 Å². The van der Waals surface area contributed by atoms with Gasteiger partial charge >= 0.3 is 5.97 Å². The Morgan fingerprint density at radius 3 is 2.59 bits per heavy atom. The highest BCUT2D eigenvalue weighted by Gasteiger charge is 2.29. The fourth-order valence-corrected chi connectivity index (χ4v) is 4.27. The lowest BCUT2D eigenvalue weighted by molar-refractivity contribution is -0.151. The Hall–Kier alpha value is -3.22. The second-order valence-corrected chi connectivity index (χ2v) is 8.39. The maximum atomic E-state index is 13.8. The van der Waals surface area contributed by atoms with Crippen LogP contribution in [0.15, 0.2) is 36.5 Å². The number of imidazole rings is 1. The minimum Gasteiger partial charge on any atom is -0.466 e. The molecule has 7 heteroatoms. The van der Waals surface area contributed by atoms with E-state index in [2.05, 4.69) is 0 Å². The van der Waals surface area contributed by atoms with Gasteiger partial charge in [0.15, 0.2) is 0 Å². The number of carbonyl (C=O) groups is 2. The number of ether oxygens (including phenoxy) is 1. The number of esters is 1. The van der Waals surface area contributed by atoms with Crippen LogP contribution in [0, 0.1) is 25.6 Å². The fourth-order valence-electron chi connectivity index (χ4n) is 4.27. The normalized spacial score (nSPS) is 14.7. The first kappa shape index (κ1) is 22.0. The van der Waals surface area contributed by atoms with Crippen LogP contribution in [-0.4, -0.2) is 45.9 Å². The number of nitrogens with zero attached hydrogens (tertiary/aromatic N) is 3. The number of amides is 1. The van der Waals surface area contributed by atoms with E-state index in [0.717, 1.165) is 22.5 Å². The van der Waals surface area contributed by atoms with Crippen molar-refractivity contribution >= 4 is 17.5 Å². The topological polar surface area (TPSA) is 63.9 Å². The highest BCUT2D eigenvalue weighted by atomic mass is 19.1. The number of hydrogen-bond donors (Lipinski definition) is 0. The van der Waals surface area contributed by atoms with Crippen molar-refractivity contribution in [3.05, 3.63) is 59.2 Å². The predicted molar refractivity (Wildman–Crippen MR) is 120 cm³/mol. The van der Waals surface area contributed by atoms with E-state index in [9.17, 15) is 14.0 Å². The average molecular weight is 438 g/mol. The Labute approximate surface area is 187 Å². The number of aryl methyl sites for hydroxylation is 2. The Kier molecular flexibility index (Phi) is 6.26. The van der Waals surface area contributed by atoms with Gasteiger partial charge in [-0.2, -0.15) is 0 Å². The molecule has 1 aliphatic heterocycles. The summed E-state index contributed by atoms with van der Waals surface area (Å²) in [4.78, 5) is 31.8. The van der Waals surface area contributed by atoms with E-state index in [1.165, 1.54) is 6.07 Å². The Morgan fingerprint density at radius 1 is 1.16 bits per heavy atom. The molecule has 0 atom stereocenters. The van der Waals surface area contributed by atoms with Gasteiger partial charge < -0.3 is 14.0 Å². The Bertz CT molecular complexity index is 1160. The van der Waals surface area contributed by atoms with Crippen LogP contribution in [0.1, 0.15) is 36.6 Å². The maximum absolute atomic E-state index is 13.8. The van der Waals surface area contributed by atoms with Crippen LogP contribution in [0.3, 0.4) is 0 Å². The average Bonchev–Trinajstić information content (AvgIpc) is 3.13. The number of likely N-dealkylation sites (tertiary alicyclic amines) is 1. The van der Waals surface area contributed by atoms with E-state index >= 15 is 0 Å². The van der Waals surface area contributed by atoms with Crippen LogP contribution in [0.5, 0.6) is 0 Å². The van der Waals surface area contributed by atoms with E-state index in [-0.39, 0.29) is 30.0 Å². The summed E-state index contributed by atoms with van der Waals surface area (Å²) in [6, 6.07) is 8.81. The third kappa shape index (κ3) is 4.38. The molecule has 1 aliphatic rings. The van der Waals surface area contributed by atoms with Crippen molar-refractivity contribution in [2.24, 2.45) is 5.92 Å². The summed E-state index contributed by atoms with van der Waals surface area (Å²) in [6.07, 6.45) is 3.37. The van der Waals surface area contributed by atoms with Gasteiger partial charge in [0.25, 0.3) is 0 Å². The molecule has 0 N–H and O–H groups in total. The number of benzene rings is 1. The van der Waals surface area contributed by atoms with E-state index in [4.69, 9.17) is 9.72 Å². The molecule has 1 amide bonds. The third-order valence-corrected chi connectivity index (χ3v) is 6.08. The quantitative estimate of drug-likeness (QED) is 0.564. The number of pyridine rings is 1. The molecule has 1 saturated heterocycles. The maximum Gasteiger partial charge on any atom is 0.309 e. The van der Waals surface area contributed by atoms with Gasteiger partial charge in [-0.05, 0) is 69.0 Å². The number of hydrogen-bond acceptors (Lipinski definition) is 4. The van der Waals surface area contributed by atoms with Crippen molar-refractivity contribution in [3.63, 3.8) is 0 Å². The van der Waals surface area contributed by atoms with Gasteiger partial charge in [0.05, 0.1) is 30.3 Å². The van der Waals surface area contributed by atoms with Gasteiger partial charge in [-0.1, -0.05) is 6.07 Å². The lowest BCUT2D eigenvalue weighted by atomic mass is 9.96. The smallest absolute Gasteiger partial charge is 0.309 e. The molecule has 6 nitrogen and oxygen atoms in total. The Balaban J connectivity index is 1.61. The molecule has 4 rings (SSSR count). The van der Waals surface area contributed by atoms with Crippen molar-refractivity contribution in [3.8, 4) is 11.3 Å². The number of carbonyl (C=O) groups excluding carboxylic acids is 2. The highest BCUT2D eigenvalue weighted by Crippen LogP contribution is 2.28. The first-order valence-corrected chi connectivity index (χ1v) is 11.1. The fraction of sp³-hybridized carbons (Fsp3) is 0.400. The summed E-state index contributed by atoms with van der Waals surface area (Å²) in [5, 5.41) is 0. The van der Waals surface area contributed by atoms with Crippen LogP contribution >= 0.6 is 0 Å². The van der Waals surface area contributed by atoms with Gasteiger partial charge in [0.2, 0.25) is 5.91 Å². The second-order valence-electron chi connectivity index (χ2n) is 8.39. The number of halogens is 1. The van der Waals surface area contributed by atoms with Crippen molar-refractivity contribution in [2.45, 2.75) is 40.0 Å². The zero-order chi connectivity index (χ0) is 22.8. The standard InChI is InChI=1S/C25H28FN3O3/c1-4-32-25(31)18-9-11-28(12-10-18)23(30)14-21-24(19-6-7-20(26)17(3)13-19)27-22-8-5-16(2)15-29(21)22/h5-8,13,15,18H,4,9-12,14H2,1-3H3. The SMILES string of the molecule is CCOC(=O)C1CCN(C(=O)Cc2c(-c3ccc(F)c(C)c3)nc3ccc(C)cn23)CC1. The van der Waals surface area contributed by atoms with E-state index in [1.54, 1.807) is 26.0 Å². The number of fused-ring (bicyclic) bond motifs is 1. The third-order valence-electron chi connectivity index (χ3n) is 6.08. The van der Waals surface area contributed by atoms with Crippen molar-refractivity contribution in [1.82, 2.24) is 14.3 Å². The van der Waals surface area contributed by atoms with Gasteiger partial charge in [-0.3, -0.25) is 9.59 Å². The predicted octanol–water partition coefficient (Wildman–Crippen LogP) is 4.10. The first-order chi connectivity index (χ1) is 15.4. The van der Waals surface area contributed by atoms with Crippen LogP contribution in [0.2, 0.25) is 0 Å². The summed E-state index contributed by atoms with van der Waals surface area (Å²) in [5.41, 5.74) is 4.60. The molecule has 0 aliphatic carbocycles. The lowest BCUT2D eigenvalue weighted by Crippen LogP contribution is -2.41.